The fourth-order valence-corrected chi connectivity index (χ4v) is 2.59. The van der Waals surface area contributed by atoms with Crippen LogP contribution in [-0.2, 0) is 7.05 Å². The van der Waals surface area contributed by atoms with E-state index in [1.807, 2.05) is 43.4 Å². The van der Waals surface area contributed by atoms with E-state index in [2.05, 4.69) is 26.6 Å². The van der Waals surface area contributed by atoms with E-state index in [0.717, 1.165) is 32.6 Å². The monoisotopic (exact) mass is 316 g/mol. The van der Waals surface area contributed by atoms with Crippen LogP contribution in [0, 0.1) is 0 Å². The van der Waals surface area contributed by atoms with E-state index in [0.29, 0.717) is 0 Å². The molecule has 2 aromatic carbocycles. The zero-order chi connectivity index (χ0) is 13.4. The molecule has 19 heavy (non-hydrogen) atoms. The molecule has 0 aliphatic heterocycles. The molecule has 4 heteroatoms. The Morgan fingerprint density at radius 3 is 2.74 bits per heavy atom. The highest BCUT2D eigenvalue weighted by atomic mass is 79.9. The molecule has 0 aliphatic carbocycles. The van der Waals surface area contributed by atoms with Gasteiger partial charge in [0, 0.05) is 11.5 Å². The molecule has 0 saturated carbocycles. The predicted molar refractivity (Wildman–Crippen MR) is 80.4 cm³/mol. The number of nitrogens with zero attached hydrogens (tertiary/aromatic N) is 2. The first-order valence-corrected chi connectivity index (χ1v) is 6.75. The smallest absolute Gasteiger partial charge is 0.144 e. The molecule has 0 atom stereocenters. The minimum atomic E-state index is 0.833. The molecule has 96 valence electrons. The van der Waals surface area contributed by atoms with Crippen LogP contribution in [0.2, 0.25) is 0 Å². The summed E-state index contributed by atoms with van der Waals surface area (Å²) in [6.07, 6.45) is 0. The van der Waals surface area contributed by atoms with E-state index in [4.69, 9.17) is 9.72 Å². The lowest BCUT2D eigenvalue weighted by atomic mass is 10.2. The highest BCUT2D eigenvalue weighted by Gasteiger charge is 2.13. The molecule has 0 unspecified atom stereocenters. The first-order chi connectivity index (χ1) is 9.20. The maximum Gasteiger partial charge on any atom is 0.144 e. The van der Waals surface area contributed by atoms with Gasteiger partial charge in [0.15, 0.2) is 0 Å². The van der Waals surface area contributed by atoms with Crippen molar-refractivity contribution in [2.45, 2.75) is 0 Å². The van der Waals surface area contributed by atoms with Gasteiger partial charge in [-0.3, -0.25) is 0 Å². The molecule has 0 fully saturated rings. The Bertz CT molecular complexity index is 749. The third-order valence-electron chi connectivity index (χ3n) is 3.19. The van der Waals surface area contributed by atoms with Crippen molar-refractivity contribution in [3.05, 3.63) is 46.9 Å². The van der Waals surface area contributed by atoms with Crippen LogP contribution >= 0.6 is 15.9 Å². The van der Waals surface area contributed by atoms with Crippen LogP contribution in [0.1, 0.15) is 0 Å². The van der Waals surface area contributed by atoms with E-state index in [-0.39, 0.29) is 0 Å². The fourth-order valence-electron chi connectivity index (χ4n) is 2.24. The van der Waals surface area contributed by atoms with Crippen molar-refractivity contribution in [1.29, 1.82) is 0 Å². The van der Waals surface area contributed by atoms with Gasteiger partial charge < -0.3 is 9.30 Å². The first-order valence-electron chi connectivity index (χ1n) is 5.96. The Morgan fingerprint density at radius 2 is 1.95 bits per heavy atom. The minimum Gasteiger partial charge on any atom is -0.496 e. The number of methoxy groups -OCH3 is 1. The molecule has 1 aromatic heterocycles. The predicted octanol–water partition coefficient (Wildman–Crippen LogP) is 4.01. The second-order valence-electron chi connectivity index (χ2n) is 4.33. The van der Waals surface area contributed by atoms with Crippen LogP contribution < -0.4 is 4.74 Å². The lowest BCUT2D eigenvalue weighted by Gasteiger charge is -2.07. The van der Waals surface area contributed by atoms with E-state index in [9.17, 15) is 0 Å². The number of imidazole rings is 1. The van der Waals surface area contributed by atoms with Crippen LogP contribution in [-0.4, -0.2) is 16.7 Å². The lowest BCUT2D eigenvalue weighted by Crippen LogP contribution is -1.95. The number of hydrogen-bond acceptors (Lipinski definition) is 2. The topological polar surface area (TPSA) is 27.1 Å². The standard InChI is InChI=1S/C15H13BrN2O/c1-18-13-8-7-10(16)9-12(13)17-15(18)11-5-3-4-6-14(11)19-2/h3-9H,1-2H3. The third-order valence-corrected chi connectivity index (χ3v) is 3.68. The summed E-state index contributed by atoms with van der Waals surface area (Å²) in [5, 5.41) is 0. The van der Waals surface area contributed by atoms with E-state index in [1.165, 1.54) is 0 Å². The summed E-state index contributed by atoms with van der Waals surface area (Å²) in [5.41, 5.74) is 3.07. The van der Waals surface area contributed by atoms with Gasteiger partial charge in [-0.15, -0.1) is 0 Å². The minimum absolute atomic E-state index is 0.833. The number of rotatable bonds is 2. The average Bonchev–Trinajstić information content (AvgIpc) is 2.75. The van der Waals surface area contributed by atoms with E-state index in [1.54, 1.807) is 7.11 Å². The zero-order valence-corrected chi connectivity index (χ0v) is 12.3. The molecule has 1 heterocycles. The number of aryl methyl sites for hydroxylation is 1. The zero-order valence-electron chi connectivity index (χ0n) is 10.7. The number of halogens is 1. The summed E-state index contributed by atoms with van der Waals surface area (Å²) in [7, 11) is 3.70. The number of aromatic nitrogens is 2. The van der Waals surface area contributed by atoms with Crippen LogP contribution in [0.3, 0.4) is 0 Å². The van der Waals surface area contributed by atoms with Crippen molar-refractivity contribution in [1.82, 2.24) is 9.55 Å². The van der Waals surface area contributed by atoms with Gasteiger partial charge in [0.25, 0.3) is 0 Å². The molecule has 0 bridgehead atoms. The van der Waals surface area contributed by atoms with Crippen molar-refractivity contribution in [2.75, 3.05) is 7.11 Å². The number of ether oxygens (including phenoxy) is 1. The van der Waals surface area contributed by atoms with Crippen molar-refractivity contribution in [2.24, 2.45) is 7.05 Å². The number of benzene rings is 2. The number of hydrogen-bond donors (Lipinski definition) is 0. The van der Waals surface area contributed by atoms with Gasteiger partial charge in [0.1, 0.15) is 11.6 Å². The Morgan fingerprint density at radius 1 is 1.16 bits per heavy atom. The quantitative estimate of drug-likeness (QED) is 0.714. The molecule has 0 radical (unpaired) electrons. The van der Waals surface area contributed by atoms with Gasteiger partial charge in [0.05, 0.1) is 23.7 Å². The van der Waals surface area contributed by atoms with Crippen LogP contribution in [0.15, 0.2) is 46.9 Å². The Balaban J connectivity index is 2.28. The van der Waals surface area contributed by atoms with E-state index < -0.39 is 0 Å². The Hall–Kier alpha value is -1.81. The SMILES string of the molecule is COc1ccccc1-c1nc2cc(Br)ccc2n1C. The Kier molecular flexibility index (Phi) is 3.03. The molecule has 0 aliphatic rings. The maximum absolute atomic E-state index is 5.41. The van der Waals surface area contributed by atoms with Gasteiger partial charge in [0.2, 0.25) is 0 Å². The normalized spacial score (nSPS) is 10.9. The summed E-state index contributed by atoms with van der Waals surface area (Å²) in [6, 6.07) is 14.0. The average molecular weight is 317 g/mol. The summed E-state index contributed by atoms with van der Waals surface area (Å²) < 4.78 is 8.53. The maximum atomic E-state index is 5.41. The molecular weight excluding hydrogens is 304 g/mol. The first kappa shape index (κ1) is 12.2. The van der Waals surface area contributed by atoms with Crippen molar-refractivity contribution in [3.63, 3.8) is 0 Å². The summed E-state index contributed by atoms with van der Waals surface area (Å²) >= 11 is 3.48. The largest absolute Gasteiger partial charge is 0.496 e. The molecule has 0 N–H and O–H groups in total. The van der Waals surface area contributed by atoms with Crippen molar-refractivity contribution >= 4 is 27.0 Å². The molecular formula is C15H13BrN2O. The highest BCUT2D eigenvalue weighted by Crippen LogP contribution is 2.31. The van der Waals surface area contributed by atoms with Gasteiger partial charge in [-0.1, -0.05) is 28.1 Å². The summed E-state index contributed by atoms with van der Waals surface area (Å²) in [4.78, 5) is 4.70. The second-order valence-corrected chi connectivity index (χ2v) is 5.24. The molecule has 0 saturated heterocycles. The van der Waals surface area contributed by atoms with Gasteiger partial charge >= 0.3 is 0 Å². The van der Waals surface area contributed by atoms with Crippen molar-refractivity contribution < 1.29 is 4.74 Å². The summed E-state index contributed by atoms with van der Waals surface area (Å²) in [5.74, 6) is 1.74. The van der Waals surface area contributed by atoms with Crippen molar-refractivity contribution in [3.8, 4) is 17.1 Å². The van der Waals surface area contributed by atoms with Crippen LogP contribution in [0.5, 0.6) is 5.75 Å². The molecule has 3 aromatic rings. The molecule has 0 amide bonds. The van der Waals surface area contributed by atoms with Gasteiger partial charge in [-0.05, 0) is 30.3 Å². The van der Waals surface area contributed by atoms with Crippen LogP contribution in [0.4, 0.5) is 0 Å². The molecule has 0 spiro atoms. The fraction of sp³-hybridized carbons (Fsp3) is 0.133. The lowest BCUT2D eigenvalue weighted by molar-refractivity contribution is 0.416. The van der Waals surface area contributed by atoms with Crippen LogP contribution in [0.25, 0.3) is 22.4 Å². The van der Waals surface area contributed by atoms with Gasteiger partial charge in [-0.25, -0.2) is 4.98 Å². The number of fused-ring (bicyclic) bond motifs is 1. The third kappa shape index (κ3) is 2.02. The van der Waals surface area contributed by atoms with E-state index >= 15 is 0 Å². The Labute approximate surface area is 120 Å². The molecule has 3 rings (SSSR count). The second kappa shape index (κ2) is 4.70. The van der Waals surface area contributed by atoms with Gasteiger partial charge in [-0.2, -0.15) is 0 Å². The summed E-state index contributed by atoms with van der Waals surface area (Å²) in [6.45, 7) is 0. The highest BCUT2D eigenvalue weighted by molar-refractivity contribution is 9.10. The number of para-hydroxylation sites is 1. The molecule has 3 nitrogen and oxygen atoms in total.